The fourth-order valence-electron chi connectivity index (χ4n) is 1.33. The van der Waals surface area contributed by atoms with Gasteiger partial charge in [0.15, 0.2) is 0 Å². The van der Waals surface area contributed by atoms with E-state index in [1.165, 1.54) is 0 Å². The van der Waals surface area contributed by atoms with Crippen LogP contribution in [0.1, 0.15) is 11.7 Å². The third kappa shape index (κ3) is 0.994. The number of rotatable bonds is 1. The fraction of sp³-hybridized carbons (Fsp3) is 0.333. The van der Waals surface area contributed by atoms with Gasteiger partial charge in [-0.25, -0.2) is 0 Å². The summed E-state index contributed by atoms with van der Waals surface area (Å²) in [5, 5.41) is 0. The highest BCUT2D eigenvalue weighted by atomic mass is 16.5. The summed E-state index contributed by atoms with van der Waals surface area (Å²) in [6.45, 7) is 0.649. The molecule has 1 atom stereocenters. The van der Waals surface area contributed by atoms with E-state index < -0.39 is 0 Å². The summed E-state index contributed by atoms with van der Waals surface area (Å²) in [7, 11) is 1.70. The monoisotopic (exact) mass is 150 g/mol. The minimum atomic E-state index is 0.131. The van der Waals surface area contributed by atoms with Crippen LogP contribution in [0.25, 0.3) is 0 Å². The molecule has 1 aliphatic heterocycles. The maximum absolute atomic E-state index is 5.38. The molecular weight excluding hydrogens is 140 g/mol. The summed E-state index contributed by atoms with van der Waals surface area (Å²) in [4.78, 5) is 0. The Bertz CT molecular complexity index is 257. The molecule has 1 aromatic rings. The Morgan fingerprint density at radius 3 is 3.09 bits per heavy atom. The molecule has 2 nitrogen and oxygen atoms in total. The van der Waals surface area contributed by atoms with Gasteiger partial charge in [-0.05, 0) is 6.07 Å². The van der Waals surface area contributed by atoms with Gasteiger partial charge in [0, 0.05) is 12.7 Å². The first-order valence-electron chi connectivity index (χ1n) is 3.66. The van der Waals surface area contributed by atoms with E-state index in [4.69, 9.17) is 9.47 Å². The van der Waals surface area contributed by atoms with Crippen molar-refractivity contribution in [1.82, 2.24) is 0 Å². The first-order chi connectivity index (χ1) is 5.42. The van der Waals surface area contributed by atoms with Gasteiger partial charge in [-0.1, -0.05) is 18.2 Å². The predicted molar refractivity (Wildman–Crippen MR) is 41.7 cm³/mol. The molecule has 2 heteroatoms. The van der Waals surface area contributed by atoms with E-state index in [1.54, 1.807) is 7.11 Å². The van der Waals surface area contributed by atoms with Crippen molar-refractivity contribution in [1.29, 1.82) is 0 Å². The minimum absolute atomic E-state index is 0.131. The molecule has 0 fully saturated rings. The minimum Gasteiger partial charge on any atom is -0.490 e. The van der Waals surface area contributed by atoms with E-state index in [0.717, 1.165) is 11.3 Å². The number of hydrogen-bond acceptors (Lipinski definition) is 2. The smallest absolute Gasteiger partial charge is 0.125 e. The van der Waals surface area contributed by atoms with E-state index >= 15 is 0 Å². The van der Waals surface area contributed by atoms with Crippen LogP contribution in [0.2, 0.25) is 0 Å². The molecule has 0 N–H and O–H groups in total. The molecule has 0 spiro atoms. The van der Waals surface area contributed by atoms with Crippen molar-refractivity contribution in [3.05, 3.63) is 29.8 Å². The van der Waals surface area contributed by atoms with Crippen LogP contribution >= 0.6 is 0 Å². The number of fused-ring (bicyclic) bond motifs is 1. The predicted octanol–water partition coefficient (Wildman–Crippen LogP) is 1.77. The van der Waals surface area contributed by atoms with E-state index in [-0.39, 0.29) is 6.10 Å². The van der Waals surface area contributed by atoms with E-state index in [9.17, 15) is 0 Å². The Balaban J connectivity index is 2.39. The van der Waals surface area contributed by atoms with Gasteiger partial charge < -0.3 is 9.47 Å². The van der Waals surface area contributed by atoms with Crippen molar-refractivity contribution in [2.75, 3.05) is 13.7 Å². The van der Waals surface area contributed by atoms with Gasteiger partial charge in [-0.2, -0.15) is 0 Å². The third-order valence-electron chi connectivity index (χ3n) is 1.94. The van der Waals surface area contributed by atoms with E-state index in [1.807, 2.05) is 24.3 Å². The topological polar surface area (TPSA) is 18.5 Å². The Morgan fingerprint density at radius 1 is 1.45 bits per heavy atom. The third-order valence-corrected chi connectivity index (χ3v) is 1.94. The largest absolute Gasteiger partial charge is 0.490 e. The molecule has 0 bridgehead atoms. The Labute approximate surface area is 65.7 Å². The molecule has 1 heterocycles. The Morgan fingerprint density at radius 2 is 2.27 bits per heavy atom. The first kappa shape index (κ1) is 6.68. The van der Waals surface area contributed by atoms with Crippen LogP contribution in [0.15, 0.2) is 24.3 Å². The van der Waals surface area contributed by atoms with Crippen molar-refractivity contribution in [2.24, 2.45) is 0 Å². The van der Waals surface area contributed by atoms with Crippen molar-refractivity contribution in [3.63, 3.8) is 0 Å². The van der Waals surface area contributed by atoms with Crippen LogP contribution < -0.4 is 4.74 Å². The molecule has 58 valence electrons. The zero-order valence-corrected chi connectivity index (χ0v) is 6.41. The van der Waals surface area contributed by atoms with Crippen LogP contribution in [0.5, 0.6) is 5.75 Å². The molecule has 0 amide bonds. The van der Waals surface area contributed by atoms with Crippen LogP contribution in [-0.2, 0) is 4.74 Å². The summed E-state index contributed by atoms with van der Waals surface area (Å²) < 4.78 is 10.6. The van der Waals surface area contributed by atoms with Crippen LogP contribution in [0, 0.1) is 0 Å². The molecule has 1 aromatic carbocycles. The molecule has 1 aliphatic rings. The molecular formula is C9H10O2. The number of hydrogen-bond donors (Lipinski definition) is 0. The molecule has 0 saturated heterocycles. The highest BCUT2D eigenvalue weighted by Gasteiger charge is 2.22. The van der Waals surface area contributed by atoms with Crippen molar-refractivity contribution < 1.29 is 9.47 Å². The molecule has 2 rings (SSSR count). The first-order valence-corrected chi connectivity index (χ1v) is 3.66. The SMILES string of the molecule is COC1COc2ccccc21. The molecule has 1 unspecified atom stereocenters. The van der Waals surface area contributed by atoms with Crippen LogP contribution in [0.3, 0.4) is 0 Å². The number of methoxy groups -OCH3 is 1. The summed E-state index contributed by atoms with van der Waals surface area (Å²) in [6.07, 6.45) is 0.131. The lowest BCUT2D eigenvalue weighted by molar-refractivity contribution is 0.0817. The van der Waals surface area contributed by atoms with E-state index in [2.05, 4.69) is 0 Å². The van der Waals surface area contributed by atoms with Gasteiger partial charge in [0.05, 0.1) is 0 Å². The van der Waals surface area contributed by atoms with Gasteiger partial charge >= 0.3 is 0 Å². The number of benzene rings is 1. The summed E-state index contributed by atoms with van der Waals surface area (Å²) >= 11 is 0. The molecule has 0 aromatic heterocycles. The average Bonchev–Trinajstić information content (AvgIpc) is 2.47. The molecule has 0 radical (unpaired) electrons. The second kappa shape index (κ2) is 2.55. The van der Waals surface area contributed by atoms with Crippen LogP contribution in [-0.4, -0.2) is 13.7 Å². The highest BCUT2D eigenvalue weighted by Crippen LogP contribution is 2.33. The summed E-state index contributed by atoms with van der Waals surface area (Å²) in [5.74, 6) is 0.958. The molecule has 0 saturated carbocycles. The summed E-state index contributed by atoms with van der Waals surface area (Å²) in [6, 6.07) is 7.97. The normalized spacial score (nSPS) is 21.0. The van der Waals surface area contributed by atoms with Crippen LogP contribution in [0.4, 0.5) is 0 Å². The van der Waals surface area contributed by atoms with Gasteiger partial charge in [-0.3, -0.25) is 0 Å². The highest BCUT2D eigenvalue weighted by molar-refractivity contribution is 5.38. The number of para-hydroxylation sites is 1. The lowest BCUT2D eigenvalue weighted by Crippen LogP contribution is -2.01. The van der Waals surface area contributed by atoms with Gasteiger partial charge in [-0.15, -0.1) is 0 Å². The second-order valence-corrected chi connectivity index (χ2v) is 2.57. The fourth-order valence-corrected chi connectivity index (χ4v) is 1.33. The zero-order chi connectivity index (χ0) is 7.68. The van der Waals surface area contributed by atoms with Gasteiger partial charge in [0.25, 0.3) is 0 Å². The van der Waals surface area contributed by atoms with Crippen molar-refractivity contribution in [3.8, 4) is 5.75 Å². The maximum atomic E-state index is 5.38. The van der Waals surface area contributed by atoms with Crippen molar-refractivity contribution >= 4 is 0 Å². The van der Waals surface area contributed by atoms with Crippen molar-refractivity contribution in [2.45, 2.75) is 6.10 Å². The summed E-state index contributed by atoms with van der Waals surface area (Å²) in [5.41, 5.74) is 1.16. The zero-order valence-electron chi connectivity index (χ0n) is 6.41. The lowest BCUT2D eigenvalue weighted by atomic mass is 10.1. The number of ether oxygens (including phenoxy) is 2. The van der Waals surface area contributed by atoms with E-state index in [0.29, 0.717) is 6.61 Å². The van der Waals surface area contributed by atoms with Gasteiger partial charge in [0.2, 0.25) is 0 Å². The molecule has 0 aliphatic carbocycles. The van der Waals surface area contributed by atoms with Gasteiger partial charge in [0.1, 0.15) is 18.5 Å². The lowest BCUT2D eigenvalue weighted by Gasteiger charge is -2.03. The maximum Gasteiger partial charge on any atom is 0.125 e. The second-order valence-electron chi connectivity index (χ2n) is 2.57. The Hall–Kier alpha value is -1.02. The molecule has 11 heavy (non-hydrogen) atoms. The Kier molecular flexibility index (Phi) is 1.55. The average molecular weight is 150 g/mol. The standard InChI is InChI=1S/C9H10O2/c1-10-9-6-11-8-5-3-2-4-7(8)9/h2-5,9H,6H2,1H3. The quantitative estimate of drug-likeness (QED) is 0.607.